The minimum atomic E-state index is -3.24. The Balaban J connectivity index is 1.93. The van der Waals surface area contributed by atoms with Gasteiger partial charge >= 0.3 is 224 Å². The minimum absolute atomic E-state index is 0.0790. The quantitative estimate of drug-likeness (QED) is 0.120. The first-order chi connectivity index (χ1) is 17.4. The van der Waals surface area contributed by atoms with E-state index in [0.717, 1.165) is 25.4 Å². The second-order valence-corrected chi connectivity index (χ2v) is 16.6. The zero-order valence-corrected chi connectivity index (χ0v) is 24.5. The molecule has 0 fully saturated rings. The number of aryl methyl sites for hydroxylation is 3. The third-order valence-corrected chi connectivity index (χ3v) is 15.5. The maximum absolute atomic E-state index is 8.42. The second kappa shape index (κ2) is 13.2. The van der Waals surface area contributed by atoms with Gasteiger partial charge in [-0.15, -0.1) is 0 Å². The summed E-state index contributed by atoms with van der Waals surface area (Å²) < 4.78 is 10.6. The van der Waals surface area contributed by atoms with Crippen LogP contribution in [0, 0.1) is 20.8 Å². The van der Waals surface area contributed by atoms with Gasteiger partial charge in [-0.05, 0) is 0 Å². The molecular weight excluding hydrogens is 483 g/mol. The molecule has 0 aliphatic heterocycles. The van der Waals surface area contributed by atoms with Crippen molar-refractivity contribution in [1.82, 2.24) is 0 Å². The first kappa shape index (κ1) is 28.9. The van der Waals surface area contributed by atoms with Crippen LogP contribution in [-0.2, 0) is 9.47 Å². The van der Waals surface area contributed by atoms with Crippen molar-refractivity contribution >= 4 is 33.1 Å². The van der Waals surface area contributed by atoms with E-state index >= 15 is 0 Å². The molecule has 0 amide bonds. The van der Waals surface area contributed by atoms with E-state index in [0.29, 0.717) is 0 Å². The molecule has 196 valence electrons. The summed E-state index contributed by atoms with van der Waals surface area (Å²) >= 11 is 8.42. The molecule has 0 atom stereocenters. The molecule has 0 aliphatic carbocycles. The van der Waals surface area contributed by atoms with Gasteiger partial charge in [0.2, 0.25) is 0 Å². The number of hydrogen-bond acceptors (Lipinski definition) is 2. The molecule has 0 aliphatic rings. The molecule has 0 aromatic heterocycles. The van der Waals surface area contributed by atoms with Crippen LogP contribution < -0.4 is 15.9 Å². The Hall–Kier alpha value is -1.70. The Morgan fingerprint density at radius 2 is 0.944 bits per heavy atom. The molecule has 3 aromatic rings. The molecule has 0 bridgehead atoms. The SMILES string of the molecule is COC(CCCCCCCCP(Cl)(c1ccccc1C)(c1ccccc1C)c1ccccc1C)OC. The van der Waals surface area contributed by atoms with Crippen LogP contribution in [0.5, 0.6) is 0 Å². The van der Waals surface area contributed by atoms with Gasteiger partial charge in [-0.25, -0.2) is 0 Å². The topological polar surface area (TPSA) is 18.5 Å². The predicted octanol–water partition coefficient (Wildman–Crippen LogP) is 7.94. The molecule has 4 heteroatoms. The third-order valence-electron chi connectivity index (χ3n) is 7.65. The fourth-order valence-electron chi connectivity index (χ4n) is 5.77. The van der Waals surface area contributed by atoms with Gasteiger partial charge in [0, 0.05) is 0 Å². The number of halogens is 1. The second-order valence-electron chi connectivity index (χ2n) is 10.1. The van der Waals surface area contributed by atoms with Crippen LogP contribution >= 0.6 is 17.2 Å². The van der Waals surface area contributed by atoms with Gasteiger partial charge in [0.1, 0.15) is 0 Å². The van der Waals surface area contributed by atoms with E-state index in [4.69, 9.17) is 20.7 Å². The molecule has 0 radical (unpaired) electrons. The van der Waals surface area contributed by atoms with Crippen LogP contribution in [-0.4, -0.2) is 26.7 Å². The van der Waals surface area contributed by atoms with Crippen molar-refractivity contribution in [2.24, 2.45) is 0 Å². The molecule has 0 saturated heterocycles. The van der Waals surface area contributed by atoms with Gasteiger partial charge < -0.3 is 0 Å². The van der Waals surface area contributed by atoms with E-state index in [-0.39, 0.29) is 6.29 Å². The monoisotopic (exact) mass is 526 g/mol. The van der Waals surface area contributed by atoms with E-state index < -0.39 is 5.96 Å². The van der Waals surface area contributed by atoms with Crippen molar-refractivity contribution in [3.05, 3.63) is 89.5 Å². The molecule has 3 aromatic carbocycles. The van der Waals surface area contributed by atoms with E-state index in [1.165, 1.54) is 58.3 Å². The number of rotatable bonds is 14. The average molecular weight is 527 g/mol. The summed E-state index contributed by atoms with van der Waals surface area (Å²) in [5.74, 6) is -3.24. The van der Waals surface area contributed by atoms with Gasteiger partial charge in [0.05, 0.1) is 0 Å². The number of methoxy groups -OCH3 is 2. The Morgan fingerprint density at radius 3 is 1.33 bits per heavy atom. The fourth-order valence-corrected chi connectivity index (χ4v) is 13.8. The van der Waals surface area contributed by atoms with Crippen molar-refractivity contribution in [2.75, 3.05) is 20.4 Å². The molecule has 0 saturated carbocycles. The van der Waals surface area contributed by atoms with Crippen molar-refractivity contribution in [3.8, 4) is 0 Å². The summed E-state index contributed by atoms with van der Waals surface area (Å²) in [4.78, 5) is 0. The van der Waals surface area contributed by atoms with Gasteiger partial charge in [-0.2, -0.15) is 0 Å². The molecule has 36 heavy (non-hydrogen) atoms. The van der Waals surface area contributed by atoms with Crippen LogP contribution in [0.3, 0.4) is 0 Å². The van der Waals surface area contributed by atoms with Crippen LogP contribution in [0.1, 0.15) is 61.6 Å². The molecule has 0 N–H and O–H groups in total. The molecule has 0 heterocycles. The normalized spacial score (nSPS) is 13.0. The van der Waals surface area contributed by atoms with Crippen LogP contribution in [0.15, 0.2) is 72.8 Å². The Morgan fingerprint density at radius 1 is 0.583 bits per heavy atom. The summed E-state index contributed by atoms with van der Waals surface area (Å²) in [6.45, 7) is 6.68. The fraction of sp³-hybridized carbons (Fsp3) is 0.438. The van der Waals surface area contributed by atoms with E-state index in [1.54, 1.807) is 14.2 Å². The average Bonchev–Trinajstić information content (AvgIpc) is 2.88. The van der Waals surface area contributed by atoms with Crippen LogP contribution in [0.4, 0.5) is 0 Å². The first-order valence-corrected chi connectivity index (χ1v) is 16.7. The van der Waals surface area contributed by atoms with Crippen molar-refractivity contribution in [2.45, 2.75) is 72.0 Å². The zero-order chi connectivity index (χ0) is 26.0. The number of hydrogen-bond donors (Lipinski definition) is 0. The van der Waals surface area contributed by atoms with Gasteiger partial charge in [-0.1, -0.05) is 0 Å². The first-order valence-electron chi connectivity index (χ1n) is 13.3. The Bertz CT molecular complexity index is 995. The van der Waals surface area contributed by atoms with Crippen LogP contribution in [0.2, 0.25) is 0 Å². The number of benzene rings is 3. The molecule has 0 unspecified atom stereocenters. The van der Waals surface area contributed by atoms with Crippen LogP contribution in [0.25, 0.3) is 0 Å². The Kier molecular flexibility index (Phi) is 10.6. The summed E-state index contributed by atoms with van der Waals surface area (Å²) in [5.41, 5.74) is 3.84. The number of ether oxygens (including phenoxy) is 2. The summed E-state index contributed by atoms with van der Waals surface area (Å²) in [7, 11) is 3.42. The van der Waals surface area contributed by atoms with Crippen molar-refractivity contribution in [1.29, 1.82) is 0 Å². The standard InChI is InChI=1S/C32H44ClO2P/c1-26-18-11-14-21-29(26)36(33,30-22-15-12-19-27(30)2,31-23-16-13-20-28(31)3)25-17-9-7-6-8-10-24-32(34-4)35-5/h11-16,18-23,32H,6-10,17,24-25H2,1-5H3. The third kappa shape index (κ3) is 6.05. The number of unbranched alkanes of at least 4 members (excludes halogenated alkanes) is 5. The van der Waals surface area contributed by atoms with Crippen molar-refractivity contribution < 1.29 is 9.47 Å². The van der Waals surface area contributed by atoms with Gasteiger partial charge in [0.15, 0.2) is 0 Å². The molecule has 2 nitrogen and oxygen atoms in total. The van der Waals surface area contributed by atoms with E-state index in [1.807, 2.05) is 0 Å². The van der Waals surface area contributed by atoms with Gasteiger partial charge in [0.25, 0.3) is 0 Å². The predicted molar refractivity (Wildman–Crippen MR) is 160 cm³/mol. The summed E-state index contributed by atoms with van der Waals surface area (Å²) in [5, 5.41) is 3.96. The Labute approximate surface area is 224 Å². The van der Waals surface area contributed by atoms with Crippen molar-refractivity contribution in [3.63, 3.8) is 0 Å². The van der Waals surface area contributed by atoms with Gasteiger partial charge in [-0.3, -0.25) is 0 Å². The zero-order valence-electron chi connectivity index (χ0n) is 22.8. The summed E-state index contributed by atoms with van der Waals surface area (Å²) in [6.07, 6.45) is 8.95. The summed E-state index contributed by atoms with van der Waals surface area (Å²) in [6, 6.07) is 26.4. The molecular formula is C32H44ClO2P. The maximum atomic E-state index is 8.42. The molecule has 3 rings (SSSR count). The van der Waals surface area contributed by atoms with E-state index in [9.17, 15) is 0 Å². The molecule has 0 spiro atoms. The van der Waals surface area contributed by atoms with E-state index in [2.05, 4.69) is 93.6 Å².